The van der Waals surface area contributed by atoms with Crippen LogP contribution in [0.2, 0.25) is 5.02 Å². The summed E-state index contributed by atoms with van der Waals surface area (Å²) in [4.78, 5) is 23.4. The minimum atomic E-state index is -0.183. The van der Waals surface area contributed by atoms with Crippen molar-refractivity contribution in [3.05, 3.63) is 47.5 Å². The van der Waals surface area contributed by atoms with Crippen LogP contribution in [0, 0.1) is 0 Å². The molecule has 2 heterocycles. The molecule has 0 saturated heterocycles. The number of halogens is 1. The summed E-state index contributed by atoms with van der Waals surface area (Å²) < 4.78 is 0. The van der Waals surface area contributed by atoms with Crippen molar-refractivity contribution < 1.29 is 4.79 Å². The van der Waals surface area contributed by atoms with Gasteiger partial charge >= 0.3 is 0 Å². The molecule has 2 aromatic rings. The van der Waals surface area contributed by atoms with E-state index in [2.05, 4.69) is 9.97 Å². The number of rotatable bonds is 1. The van der Waals surface area contributed by atoms with Gasteiger partial charge in [0.25, 0.3) is 5.91 Å². The molecule has 1 unspecified atom stereocenters. The fourth-order valence-corrected chi connectivity index (χ4v) is 3.44. The number of nitrogens with zero attached hydrogens (tertiary/aromatic N) is 3. The molecule has 0 bridgehead atoms. The van der Waals surface area contributed by atoms with Gasteiger partial charge in [0.1, 0.15) is 6.33 Å². The van der Waals surface area contributed by atoms with Gasteiger partial charge in [-0.15, -0.1) is 11.8 Å². The van der Waals surface area contributed by atoms with Crippen molar-refractivity contribution in [3.63, 3.8) is 0 Å². The van der Waals surface area contributed by atoms with Crippen LogP contribution in [0.3, 0.4) is 0 Å². The number of carbonyl (C=O) groups excluding carboxylic acids is 1. The number of para-hydroxylation sites is 1. The first-order chi connectivity index (χ1) is 9.68. The molecule has 0 aliphatic carbocycles. The highest BCUT2D eigenvalue weighted by Gasteiger charge is 2.30. The first kappa shape index (κ1) is 13.4. The van der Waals surface area contributed by atoms with Crippen molar-refractivity contribution >= 4 is 35.0 Å². The third-order valence-corrected chi connectivity index (χ3v) is 4.72. The Kier molecular flexibility index (Phi) is 3.63. The molecule has 1 amide bonds. The smallest absolute Gasteiger partial charge is 0.278 e. The lowest BCUT2D eigenvalue weighted by Gasteiger charge is -2.34. The third kappa shape index (κ3) is 2.27. The molecule has 0 saturated carbocycles. The van der Waals surface area contributed by atoms with Gasteiger partial charge in [-0.25, -0.2) is 9.97 Å². The Bertz CT molecular complexity index is 664. The Morgan fingerprint density at radius 2 is 2.25 bits per heavy atom. The maximum Gasteiger partial charge on any atom is 0.278 e. The first-order valence-corrected chi connectivity index (χ1v) is 7.55. The normalized spacial score (nSPS) is 17.7. The number of hydrogen-bond donors (Lipinski definition) is 0. The van der Waals surface area contributed by atoms with Crippen LogP contribution in [0.4, 0.5) is 5.69 Å². The molecule has 3 rings (SSSR count). The topological polar surface area (TPSA) is 46.1 Å². The number of fused-ring (bicyclic) bond motifs is 1. The van der Waals surface area contributed by atoms with Crippen molar-refractivity contribution in [2.45, 2.75) is 17.9 Å². The predicted octanol–water partition coefficient (Wildman–Crippen LogP) is 3.27. The number of anilines is 1. The Labute approximate surface area is 126 Å². The molecule has 0 spiro atoms. The average molecular weight is 306 g/mol. The van der Waals surface area contributed by atoms with Crippen LogP contribution >= 0.6 is 23.4 Å². The van der Waals surface area contributed by atoms with Crippen molar-refractivity contribution in [3.8, 4) is 0 Å². The lowest BCUT2D eigenvalue weighted by Crippen LogP contribution is -2.43. The standard InChI is InChI=1S/C14H12ClN3OS/c1-9-7-20-12-5-3-2-4-11(12)18(9)14(19)13-10(15)6-16-8-17-13/h2-6,8-9H,7H2,1H3. The van der Waals surface area contributed by atoms with E-state index in [9.17, 15) is 4.79 Å². The van der Waals surface area contributed by atoms with Gasteiger partial charge in [0.05, 0.1) is 10.7 Å². The Hall–Kier alpha value is -1.59. The fraction of sp³-hybridized carbons (Fsp3) is 0.214. The zero-order valence-electron chi connectivity index (χ0n) is 10.8. The average Bonchev–Trinajstić information content (AvgIpc) is 2.47. The van der Waals surface area contributed by atoms with E-state index >= 15 is 0 Å². The van der Waals surface area contributed by atoms with Crippen LogP contribution in [0.1, 0.15) is 17.4 Å². The summed E-state index contributed by atoms with van der Waals surface area (Å²) in [5.41, 5.74) is 1.16. The zero-order chi connectivity index (χ0) is 14.1. The van der Waals surface area contributed by atoms with E-state index < -0.39 is 0 Å². The van der Waals surface area contributed by atoms with Gasteiger partial charge in [0, 0.05) is 22.9 Å². The molecule has 6 heteroatoms. The zero-order valence-corrected chi connectivity index (χ0v) is 12.4. The van der Waals surface area contributed by atoms with Gasteiger partial charge in [-0.1, -0.05) is 23.7 Å². The number of amides is 1. The minimum Gasteiger partial charge on any atom is -0.302 e. The van der Waals surface area contributed by atoms with E-state index in [4.69, 9.17) is 11.6 Å². The second kappa shape index (κ2) is 5.42. The van der Waals surface area contributed by atoms with Crippen LogP contribution in [-0.2, 0) is 0 Å². The monoisotopic (exact) mass is 305 g/mol. The molecule has 4 nitrogen and oxygen atoms in total. The third-order valence-electron chi connectivity index (χ3n) is 3.13. The molecule has 20 heavy (non-hydrogen) atoms. The number of benzene rings is 1. The predicted molar refractivity (Wildman–Crippen MR) is 80.5 cm³/mol. The lowest BCUT2D eigenvalue weighted by atomic mass is 10.2. The summed E-state index contributed by atoms with van der Waals surface area (Å²) in [5, 5.41) is 0.278. The number of hydrogen-bond acceptors (Lipinski definition) is 4. The highest BCUT2D eigenvalue weighted by atomic mass is 35.5. The van der Waals surface area contributed by atoms with Gasteiger partial charge in [0.15, 0.2) is 5.69 Å². The van der Waals surface area contributed by atoms with Gasteiger partial charge in [-0.2, -0.15) is 0 Å². The molecule has 1 atom stereocenters. The summed E-state index contributed by atoms with van der Waals surface area (Å²) in [6.45, 7) is 2.02. The molecule has 1 aromatic heterocycles. The van der Waals surface area contributed by atoms with Gasteiger partial charge in [-0.05, 0) is 19.1 Å². The van der Waals surface area contributed by atoms with Gasteiger partial charge in [-0.3, -0.25) is 4.79 Å². The maximum absolute atomic E-state index is 12.7. The molecule has 102 valence electrons. The largest absolute Gasteiger partial charge is 0.302 e. The van der Waals surface area contributed by atoms with Crippen LogP contribution in [0.15, 0.2) is 41.7 Å². The highest BCUT2D eigenvalue weighted by molar-refractivity contribution is 7.99. The van der Waals surface area contributed by atoms with Crippen LogP contribution < -0.4 is 4.90 Å². The van der Waals surface area contributed by atoms with Crippen molar-refractivity contribution in [1.29, 1.82) is 0 Å². The Morgan fingerprint density at radius 3 is 3.05 bits per heavy atom. The van der Waals surface area contributed by atoms with Crippen LogP contribution in [0.25, 0.3) is 0 Å². The van der Waals surface area contributed by atoms with Crippen molar-refractivity contribution in [1.82, 2.24) is 9.97 Å². The molecule has 1 aliphatic rings. The van der Waals surface area contributed by atoms with Gasteiger partial charge in [0.2, 0.25) is 0 Å². The second-order valence-electron chi connectivity index (χ2n) is 4.52. The van der Waals surface area contributed by atoms with Crippen molar-refractivity contribution in [2.24, 2.45) is 0 Å². The first-order valence-electron chi connectivity index (χ1n) is 6.19. The van der Waals surface area contributed by atoms with E-state index in [0.29, 0.717) is 0 Å². The second-order valence-corrected chi connectivity index (χ2v) is 5.99. The minimum absolute atomic E-state index is 0.0911. The molecular formula is C14H12ClN3OS. The highest BCUT2D eigenvalue weighted by Crippen LogP contribution is 2.38. The molecular weight excluding hydrogens is 294 g/mol. The molecule has 0 N–H and O–H groups in total. The van der Waals surface area contributed by atoms with Gasteiger partial charge < -0.3 is 4.90 Å². The molecule has 1 aromatic carbocycles. The van der Waals surface area contributed by atoms with E-state index in [-0.39, 0.29) is 22.7 Å². The fourth-order valence-electron chi connectivity index (χ4n) is 2.19. The Balaban J connectivity index is 2.05. The van der Waals surface area contributed by atoms with E-state index in [1.54, 1.807) is 16.7 Å². The summed E-state index contributed by atoms with van der Waals surface area (Å²) in [7, 11) is 0. The summed E-state index contributed by atoms with van der Waals surface area (Å²) in [6.07, 6.45) is 2.78. The Morgan fingerprint density at radius 1 is 1.45 bits per heavy atom. The number of carbonyl (C=O) groups is 1. The van der Waals surface area contributed by atoms with Crippen LogP contribution in [-0.4, -0.2) is 27.7 Å². The quantitative estimate of drug-likeness (QED) is 0.811. The van der Waals surface area contributed by atoms with E-state index in [0.717, 1.165) is 16.3 Å². The molecule has 0 fully saturated rings. The summed E-state index contributed by atoms with van der Waals surface area (Å²) >= 11 is 7.79. The molecule has 1 aliphatic heterocycles. The van der Waals surface area contributed by atoms with E-state index in [1.807, 2.05) is 31.2 Å². The summed E-state index contributed by atoms with van der Waals surface area (Å²) in [6, 6.07) is 7.97. The lowest BCUT2D eigenvalue weighted by molar-refractivity contribution is 0.0975. The number of thioether (sulfide) groups is 1. The number of aromatic nitrogens is 2. The SMILES string of the molecule is CC1CSc2ccccc2N1C(=O)c1ncncc1Cl. The van der Waals surface area contributed by atoms with Crippen molar-refractivity contribution in [2.75, 3.05) is 10.7 Å². The summed E-state index contributed by atoms with van der Waals surface area (Å²) in [5.74, 6) is 0.670. The van der Waals surface area contributed by atoms with E-state index in [1.165, 1.54) is 12.5 Å². The maximum atomic E-state index is 12.7. The van der Waals surface area contributed by atoms with Crippen LogP contribution in [0.5, 0.6) is 0 Å². The molecule has 0 radical (unpaired) electrons.